The van der Waals surface area contributed by atoms with Crippen LogP contribution in [0.15, 0.2) is 47.8 Å². The van der Waals surface area contributed by atoms with Crippen molar-refractivity contribution in [3.05, 3.63) is 64.1 Å². The number of nitrogens with zero attached hydrogens (tertiary/aromatic N) is 6. The van der Waals surface area contributed by atoms with Crippen LogP contribution in [0.2, 0.25) is 0 Å². The van der Waals surface area contributed by atoms with Crippen LogP contribution in [0.25, 0.3) is 0 Å². The van der Waals surface area contributed by atoms with Gasteiger partial charge in [-0.25, -0.2) is 4.68 Å². The minimum absolute atomic E-state index is 0.138. The highest BCUT2D eigenvalue weighted by molar-refractivity contribution is 7.10. The lowest BCUT2D eigenvalue weighted by Gasteiger charge is -2.42. The molecule has 0 amide bonds. The summed E-state index contributed by atoms with van der Waals surface area (Å²) < 4.78 is 2.02. The number of benzene rings is 1. The Morgan fingerprint density at radius 3 is 2.48 bits per heavy atom. The Labute approximate surface area is 188 Å². The number of aromatic nitrogens is 4. The van der Waals surface area contributed by atoms with Crippen LogP contribution < -0.4 is 0 Å². The molecule has 3 aromatic rings. The van der Waals surface area contributed by atoms with Crippen LogP contribution in [-0.2, 0) is 13.0 Å². The van der Waals surface area contributed by atoms with Gasteiger partial charge in [0.15, 0.2) is 5.82 Å². The van der Waals surface area contributed by atoms with Crippen LogP contribution in [0.5, 0.6) is 0 Å². The maximum atomic E-state index is 4.52. The van der Waals surface area contributed by atoms with Gasteiger partial charge in [0.25, 0.3) is 0 Å². The lowest BCUT2D eigenvalue weighted by molar-refractivity contribution is 0.0627. The van der Waals surface area contributed by atoms with E-state index in [1.54, 1.807) is 0 Å². The summed E-state index contributed by atoms with van der Waals surface area (Å²) in [6.45, 7) is 5.25. The quantitative estimate of drug-likeness (QED) is 0.560. The van der Waals surface area contributed by atoms with Gasteiger partial charge < -0.3 is 0 Å². The molecule has 31 heavy (non-hydrogen) atoms. The van der Waals surface area contributed by atoms with E-state index in [2.05, 4.69) is 73.2 Å². The smallest absolute Gasteiger partial charge is 0.173 e. The normalized spacial score (nSPS) is 20.1. The fourth-order valence-corrected chi connectivity index (χ4v) is 6.03. The van der Waals surface area contributed by atoms with Gasteiger partial charge in [-0.05, 0) is 46.7 Å². The summed E-state index contributed by atoms with van der Waals surface area (Å²) in [5.41, 5.74) is 1.32. The standard InChI is InChI=1S/C24H32N6S/c1-3-8-20(9-4-1)13-14-30-24(25-26-27-30)23(22-12-7-19-31-22)29-17-15-28(16-18-29)21-10-5-2-6-11-21/h1,3-4,7-9,12,19,21,23H,2,5-6,10-11,13-18H2/t23-/m1/s1. The zero-order valence-electron chi connectivity index (χ0n) is 18.1. The molecule has 1 aliphatic carbocycles. The third-order valence-corrected chi connectivity index (χ3v) is 7.80. The molecule has 3 heterocycles. The van der Waals surface area contributed by atoms with Gasteiger partial charge >= 0.3 is 0 Å². The molecule has 164 valence electrons. The first kappa shape index (κ1) is 20.8. The van der Waals surface area contributed by atoms with Crippen LogP contribution in [-0.4, -0.2) is 62.2 Å². The molecular formula is C24H32N6S. The van der Waals surface area contributed by atoms with Crippen molar-refractivity contribution in [2.75, 3.05) is 26.2 Å². The second kappa shape index (κ2) is 10.0. The molecule has 2 aromatic heterocycles. The summed E-state index contributed by atoms with van der Waals surface area (Å²) >= 11 is 1.81. The molecule has 1 saturated heterocycles. The minimum atomic E-state index is 0.138. The van der Waals surface area contributed by atoms with E-state index in [9.17, 15) is 0 Å². The summed E-state index contributed by atoms with van der Waals surface area (Å²) in [4.78, 5) is 6.66. The average Bonchev–Trinajstić information content (AvgIpc) is 3.53. The Kier molecular flexibility index (Phi) is 6.72. The summed E-state index contributed by atoms with van der Waals surface area (Å²) in [5, 5.41) is 15.1. The van der Waals surface area contributed by atoms with Crippen molar-refractivity contribution in [3.63, 3.8) is 0 Å². The van der Waals surface area contributed by atoms with E-state index in [1.807, 2.05) is 16.0 Å². The van der Waals surface area contributed by atoms with Crippen molar-refractivity contribution in [1.29, 1.82) is 0 Å². The maximum Gasteiger partial charge on any atom is 0.173 e. The number of thiophene rings is 1. The van der Waals surface area contributed by atoms with Crippen molar-refractivity contribution in [3.8, 4) is 0 Å². The molecule has 0 bridgehead atoms. The van der Waals surface area contributed by atoms with E-state index < -0.39 is 0 Å². The zero-order chi connectivity index (χ0) is 20.9. The first-order valence-corrected chi connectivity index (χ1v) is 12.6. The molecule has 1 saturated carbocycles. The number of tetrazole rings is 1. The molecule has 2 fully saturated rings. The third kappa shape index (κ3) is 4.89. The van der Waals surface area contributed by atoms with Gasteiger partial charge in [-0.15, -0.1) is 16.4 Å². The van der Waals surface area contributed by atoms with Crippen molar-refractivity contribution < 1.29 is 0 Å². The number of aryl methyl sites for hydroxylation is 2. The van der Waals surface area contributed by atoms with E-state index >= 15 is 0 Å². The van der Waals surface area contributed by atoms with Crippen LogP contribution in [0.1, 0.15) is 54.4 Å². The Balaban J connectivity index is 1.31. The summed E-state index contributed by atoms with van der Waals surface area (Å²) in [6.07, 6.45) is 7.92. The number of hydrogen-bond donors (Lipinski definition) is 0. The number of rotatable bonds is 7. The summed E-state index contributed by atoms with van der Waals surface area (Å²) in [5.74, 6) is 0.976. The topological polar surface area (TPSA) is 50.1 Å². The molecule has 1 aromatic carbocycles. The molecule has 6 nitrogen and oxygen atoms in total. The van der Waals surface area contributed by atoms with Gasteiger partial charge in [-0.1, -0.05) is 55.7 Å². The number of piperazine rings is 1. The van der Waals surface area contributed by atoms with Crippen LogP contribution >= 0.6 is 11.3 Å². The van der Waals surface area contributed by atoms with Crippen molar-refractivity contribution in [1.82, 2.24) is 30.0 Å². The maximum absolute atomic E-state index is 4.52. The second-order valence-corrected chi connectivity index (χ2v) is 9.76. The van der Waals surface area contributed by atoms with Crippen molar-refractivity contribution in [2.24, 2.45) is 0 Å². The van der Waals surface area contributed by atoms with Gasteiger partial charge in [0.05, 0.1) is 0 Å². The minimum Gasteiger partial charge on any atom is -0.298 e. The first-order valence-electron chi connectivity index (χ1n) is 11.7. The van der Waals surface area contributed by atoms with E-state index in [4.69, 9.17) is 0 Å². The summed E-state index contributed by atoms with van der Waals surface area (Å²) in [7, 11) is 0. The lowest BCUT2D eigenvalue weighted by atomic mass is 9.93. The highest BCUT2D eigenvalue weighted by Crippen LogP contribution is 2.32. The zero-order valence-corrected chi connectivity index (χ0v) is 19.0. The van der Waals surface area contributed by atoms with Crippen molar-refractivity contribution >= 4 is 11.3 Å². The van der Waals surface area contributed by atoms with Crippen LogP contribution in [0.4, 0.5) is 0 Å². The second-order valence-electron chi connectivity index (χ2n) is 8.78. The largest absolute Gasteiger partial charge is 0.298 e. The molecular weight excluding hydrogens is 404 g/mol. The van der Waals surface area contributed by atoms with E-state index in [0.717, 1.165) is 51.0 Å². The fraction of sp³-hybridized carbons (Fsp3) is 0.542. The van der Waals surface area contributed by atoms with Crippen molar-refractivity contribution in [2.45, 2.75) is 57.2 Å². The van der Waals surface area contributed by atoms with E-state index in [0.29, 0.717) is 0 Å². The summed E-state index contributed by atoms with van der Waals surface area (Å²) in [6, 6.07) is 15.9. The molecule has 1 atom stereocenters. The van der Waals surface area contributed by atoms with Gasteiger partial charge in [0.2, 0.25) is 0 Å². The van der Waals surface area contributed by atoms with Gasteiger partial charge in [-0.2, -0.15) is 0 Å². The van der Waals surface area contributed by atoms with Crippen LogP contribution in [0, 0.1) is 0 Å². The Morgan fingerprint density at radius 1 is 0.935 bits per heavy atom. The average molecular weight is 437 g/mol. The highest BCUT2D eigenvalue weighted by Gasteiger charge is 2.33. The fourth-order valence-electron chi connectivity index (χ4n) is 5.17. The van der Waals surface area contributed by atoms with Gasteiger partial charge in [0, 0.05) is 43.6 Å². The Hall–Kier alpha value is -2.09. The third-order valence-electron chi connectivity index (χ3n) is 6.88. The Bertz CT molecular complexity index is 911. The molecule has 0 spiro atoms. The van der Waals surface area contributed by atoms with E-state index in [1.165, 1.54) is 42.5 Å². The number of hydrogen-bond acceptors (Lipinski definition) is 6. The van der Waals surface area contributed by atoms with Gasteiger partial charge in [-0.3, -0.25) is 9.80 Å². The molecule has 2 aliphatic rings. The van der Waals surface area contributed by atoms with E-state index in [-0.39, 0.29) is 6.04 Å². The Morgan fingerprint density at radius 2 is 1.74 bits per heavy atom. The molecule has 0 unspecified atom stereocenters. The lowest BCUT2D eigenvalue weighted by Crippen LogP contribution is -2.51. The highest BCUT2D eigenvalue weighted by atomic mass is 32.1. The molecule has 0 N–H and O–H groups in total. The monoisotopic (exact) mass is 436 g/mol. The first-order chi connectivity index (χ1) is 15.4. The van der Waals surface area contributed by atoms with Gasteiger partial charge in [0.1, 0.15) is 6.04 Å². The molecule has 1 aliphatic heterocycles. The molecule has 7 heteroatoms. The SMILES string of the molecule is c1ccc(CCn2nnnc2[C@@H](c2cccs2)N2CCN(C3CCCCC3)CC2)cc1. The molecule has 5 rings (SSSR count). The predicted molar refractivity (Wildman–Crippen MR) is 124 cm³/mol. The predicted octanol–water partition coefficient (Wildman–Crippen LogP) is 4.02. The van der Waals surface area contributed by atoms with Crippen LogP contribution in [0.3, 0.4) is 0 Å². The molecule has 0 radical (unpaired) electrons.